The summed E-state index contributed by atoms with van der Waals surface area (Å²) in [6.07, 6.45) is 2.47. The second kappa shape index (κ2) is 8.59. The summed E-state index contributed by atoms with van der Waals surface area (Å²) in [6.45, 7) is 4.81. The van der Waals surface area contributed by atoms with Crippen molar-refractivity contribution in [2.75, 3.05) is 13.7 Å². The summed E-state index contributed by atoms with van der Waals surface area (Å²) in [5.74, 6) is 1.28. The Bertz CT molecular complexity index is 399. The minimum Gasteiger partial charge on any atom is -0.497 e. The molecule has 1 unspecified atom stereocenters. The van der Waals surface area contributed by atoms with Gasteiger partial charge in [-0.15, -0.1) is 0 Å². The predicted molar refractivity (Wildman–Crippen MR) is 81.8 cm³/mol. The largest absolute Gasteiger partial charge is 0.497 e. The third-order valence-electron chi connectivity index (χ3n) is 3.71. The second-order valence-electron chi connectivity index (χ2n) is 5.07. The molecule has 1 aromatic carbocycles. The summed E-state index contributed by atoms with van der Waals surface area (Å²) in [4.78, 5) is 11.9. The molecule has 1 rings (SSSR count). The van der Waals surface area contributed by atoms with Crippen molar-refractivity contribution in [3.63, 3.8) is 0 Å². The van der Waals surface area contributed by atoms with Crippen LogP contribution in [0.5, 0.6) is 5.75 Å². The van der Waals surface area contributed by atoms with E-state index in [9.17, 15) is 4.79 Å². The van der Waals surface area contributed by atoms with Gasteiger partial charge in [-0.2, -0.15) is 0 Å². The molecule has 0 bridgehead atoms. The highest BCUT2D eigenvalue weighted by molar-refractivity contribution is 5.78. The average molecular weight is 278 g/mol. The number of carbonyl (C=O) groups excluding carboxylic acids is 1. The summed E-state index contributed by atoms with van der Waals surface area (Å²) in [7, 11) is 1.63. The van der Waals surface area contributed by atoms with E-state index >= 15 is 0 Å². The van der Waals surface area contributed by atoms with Gasteiger partial charge in [0.05, 0.1) is 13.5 Å². The lowest BCUT2D eigenvalue weighted by Gasteiger charge is -2.21. The standard InChI is InChI=1S/C16H26N2O2/c1-4-13(5-2)15(17)11-18-16(19)10-12-6-8-14(20-3)9-7-12/h6-9,13,15H,4-5,10-11,17H2,1-3H3,(H,18,19). The summed E-state index contributed by atoms with van der Waals surface area (Å²) >= 11 is 0. The lowest BCUT2D eigenvalue weighted by atomic mass is 9.95. The minimum absolute atomic E-state index is 0.0107. The van der Waals surface area contributed by atoms with Crippen LogP contribution < -0.4 is 15.8 Å². The maximum absolute atomic E-state index is 11.9. The van der Waals surface area contributed by atoms with Crippen molar-refractivity contribution >= 4 is 5.91 Å². The summed E-state index contributed by atoms with van der Waals surface area (Å²) in [6, 6.07) is 7.56. The molecule has 0 aliphatic carbocycles. The quantitative estimate of drug-likeness (QED) is 0.765. The average Bonchev–Trinajstić information content (AvgIpc) is 2.47. The first-order chi connectivity index (χ1) is 9.60. The molecule has 0 heterocycles. The van der Waals surface area contributed by atoms with Gasteiger partial charge in [0.1, 0.15) is 5.75 Å². The topological polar surface area (TPSA) is 64.3 Å². The van der Waals surface area contributed by atoms with E-state index in [2.05, 4.69) is 19.2 Å². The monoisotopic (exact) mass is 278 g/mol. The zero-order valence-electron chi connectivity index (χ0n) is 12.7. The molecular formula is C16H26N2O2. The molecule has 0 aliphatic heterocycles. The molecule has 1 atom stereocenters. The van der Waals surface area contributed by atoms with Crippen LogP contribution in [-0.4, -0.2) is 25.6 Å². The van der Waals surface area contributed by atoms with E-state index in [1.165, 1.54) is 0 Å². The summed E-state index contributed by atoms with van der Waals surface area (Å²) in [5, 5.41) is 2.91. The van der Waals surface area contributed by atoms with E-state index in [4.69, 9.17) is 10.5 Å². The molecule has 1 amide bonds. The number of hydrogen-bond donors (Lipinski definition) is 2. The summed E-state index contributed by atoms with van der Waals surface area (Å²) in [5.41, 5.74) is 7.06. The van der Waals surface area contributed by atoms with Crippen LogP contribution in [0, 0.1) is 5.92 Å². The number of nitrogens with one attached hydrogen (secondary N) is 1. The normalized spacial score (nSPS) is 12.2. The van der Waals surface area contributed by atoms with Crippen LogP contribution in [0.3, 0.4) is 0 Å². The number of ether oxygens (including phenoxy) is 1. The molecule has 0 aliphatic rings. The van der Waals surface area contributed by atoms with Crippen molar-refractivity contribution in [3.8, 4) is 5.75 Å². The van der Waals surface area contributed by atoms with E-state index < -0.39 is 0 Å². The molecule has 0 radical (unpaired) electrons. The highest BCUT2D eigenvalue weighted by Gasteiger charge is 2.14. The van der Waals surface area contributed by atoms with E-state index in [0.717, 1.165) is 24.2 Å². The molecule has 1 aromatic rings. The Balaban J connectivity index is 2.39. The molecule has 0 saturated heterocycles. The van der Waals surface area contributed by atoms with Crippen molar-refractivity contribution < 1.29 is 9.53 Å². The van der Waals surface area contributed by atoms with Crippen molar-refractivity contribution in [1.82, 2.24) is 5.32 Å². The smallest absolute Gasteiger partial charge is 0.224 e. The fraction of sp³-hybridized carbons (Fsp3) is 0.562. The van der Waals surface area contributed by atoms with Crippen LogP contribution in [0.15, 0.2) is 24.3 Å². The van der Waals surface area contributed by atoms with Crippen molar-refractivity contribution in [1.29, 1.82) is 0 Å². The van der Waals surface area contributed by atoms with Crippen LogP contribution in [0.4, 0.5) is 0 Å². The molecule has 3 N–H and O–H groups in total. The number of methoxy groups -OCH3 is 1. The molecule has 20 heavy (non-hydrogen) atoms. The van der Waals surface area contributed by atoms with Gasteiger partial charge in [0.2, 0.25) is 5.91 Å². The highest BCUT2D eigenvalue weighted by Crippen LogP contribution is 2.12. The Kier molecular flexibility index (Phi) is 7.09. The maximum Gasteiger partial charge on any atom is 0.224 e. The minimum atomic E-state index is 0.0107. The number of benzene rings is 1. The van der Waals surface area contributed by atoms with Gasteiger partial charge in [-0.1, -0.05) is 38.8 Å². The van der Waals surface area contributed by atoms with E-state index in [-0.39, 0.29) is 11.9 Å². The van der Waals surface area contributed by atoms with Crippen molar-refractivity contribution in [3.05, 3.63) is 29.8 Å². The molecule has 0 aromatic heterocycles. The van der Waals surface area contributed by atoms with Crippen molar-refractivity contribution in [2.45, 2.75) is 39.2 Å². The van der Waals surface area contributed by atoms with Crippen LogP contribution in [0.2, 0.25) is 0 Å². The lowest BCUT2D eigenvalue weighted by molar-refractivity contribution is -0.120. The van der Waals surface area contributed by atoms with Gasteiger partial charge < -0.3 is 15.8 Å². The highest BCUT2D eigenvalue weighted by atomic mass is 16.5. The van der Waals surface area contributed by atoms with Crippen LogP contribution in [0.25, 0.3) is 0 Å². The lowest BCUT2D eigenvalue weighted by Crippen LogP contribution is -2.42. The van der Waals surface area contributed by atoms with Gasteiger partial charge in [0.15, 0.2) is 0 Å². The zero-order chi connectivity index (χ0) is 15.0. The fourth-order valence-corrected chi connectivity index (χ4v) is 2.28. The maximum atomic E-state index is 11.9. The van der Waals surface area contributed by atoms with E-state index in [0.29, 0.717) is 18.9 Å². The van der Waals surface area contributed by atoms with Gasteiger partial charge in [-0.3, -0.25) is 4.79 Å². The molecular weight excluding hydrogens is 252 g/mol. The first kappa shape index (κ1) is 16.5. The van der Waals surface area contributed by atoms with Gasteiger partial charge in [-0.25, -0.2) is 0 Å². The molecule has 4 nitrogen and oxygen atoms in total. The van der Waals surface area contributed by atoms with Crippen LogP contribution >= 0.6 is 0 Å². The Labute approximate surface area is 121 Å². The van der Waals surface area contributed by atoms with E-state index in [1.807, 2.05) is 24.3 Å². The van der Waals surface area contributed by atoms with Gasteiger partial charge >= 0.3 is 0 Å². The van der Waals surface area contributed by atoms with Crippen LogP contribution in [0.1, 0.15) is 32.3 Å². The Morgan fingerprint density at radius 3 is 2.35 bits per heavy atom. The number of carbonyl (C=O) groups is 1. The van der Waals surface area contributed by atoms with E-state index in [1.54, 1.807) is 7.11 Å². The first-order valence-electron chi connectivity index (χ1n) is 7.25. The molecule has 4 heteroatoms. The number of rotatable bonds is 8. The first-order valence-corrected chi connectivity index (χ1v) is 7.25. The summed E-state index contributed by atoms with van der Waals surface area (Å²) < 4.78 is 5.09. The van der Waals surface area contributed by atoms with Gasteiger partial charge in [-0.05, 0) is 23.6 Å². The number of amides is 1. The number of nitrogens with two attached hydrogens (primary N) is 1. The van der Waals surface area contributed by atoms with Gasteiger partial charge in [0, 0.05) is 12.6 Å². The zero-order valence-corrected chi connectivity index (χ0v) is 12.7. The molecule has 0 saturated carbocycles. The third kappa shape index (κ3) is 5.21. The SMILES string of the molecule is CCC(CC)C(N)CNC(=O)Cc1ccc(OC)cc1. The third-order valence-corrected chi connectivity index (χ3v) is 3.71. The predicted octanol–water partition coefficient (Wildman–Crippen LogP) is 2.12. The molecule has 0 spiro atoms. The second-order valence-corrected chi connectivity index (χ2v) is 5.07. The van der Waals surface area contributed by atoms with Crippen molar-refractivity contribution in [2.24, 2.45) is 11.7 Å². The number of hydrogen-bond acceptors (Lipinski definition) is 3. The Morgan fingerprint density at radius 1 is 1.25 bits per heavy atom. The fourth-order valence-electron chi connectivity index (χ4n) is 2.28. The van der Waals surface area contributed by atoms with Gasteiger partial charge in [0.25, 0.3) is 0 Å². The van der Waals surface area contributed by atoms with Crippen LogP contribution in [-0.2, 0) is 11.2 Å². The molecule has 112 valence electrons. The molecule has 0 fully saturated rings. The Hall–Kier alpha value is -1.55. The Morgan fingerprint density at radius 2 is 1.85 bits per heavy atom.